The number of carbonyl (C=O) groups is 1. The summed E-state index contributed by atoms with van der Waals surface area (Å²) in [5, 5.41) is 3.02. The molecule has 0 heterocycles. The van der Waals surface area contributed by atoms with Gasteiger partial charge in [0.2, 0.25) is 10.0 Å². The van der Waals surface area contributed by atoms with E-state index in [1.54, 1.807) is 0 Å². The minimum atomic E-state index is -3.55. The summed E-state index contributed by atoms with van der Waals surface area (Å²) >= 11 is 0. The molecule has 1 aliphatic rings. The van der Waals surface area contributed by atoms with Crippen molar-refractivity contribution in [3.63, 3.8) is 0 Å². The molecule has 2 rings (SSSR count). The molecule has 2 atom stereocenters. The Morgan fingerprint density at radius 1 is 1.22 bits per heavy atom. The van der Waals surface area contributed by atoms with Crippen LogP contribution in [0.4, 0.5) is 5.69 Å². The summed E-state index contributed by atoms with van der Waals surface area (Å²) in [7, 11) is -0.723. The van der Waals surface area contributed by atoms with Gasteiger partial charge in [-0.15, -0.1) is 12.4 Å². The van der Waals surface area contributed by atoms with Crippen LogP contribution in [0.25, 0.3) is 0 Å². The van der Waals surface area contributed by atoms with Gasteiger partial charge in [0.05, 0.1) is 26.2 Å². The van der Waals surface area contributed by atoms with Gasteiger partial charge in [-0.3, -0.25) is 9.52 Å². The predicted molar refractivity (Wildman–Crippen MR) is 108 cm³/mol. The van der Waals surface area contributed by atoms with Gasteiger partial charge >= 0.3 is 0 Å². The number of ether oxygens (including phenoxy) is 2. The Morgan fingerprint density at radius 2 is 1.89 bits per heavy atom. The SMILES string of the molecule is COc1cc(C(=O)NC2CCCCC2CN)cc(NS(C)(=O)=O)c1OC.Cl. The first kappa shape index (κ1) is 23.3. The molecule has 1 fully saturated rings. The smallest absolute Gasteiger partial charge is 0.251 e. The molecule has 0 aromatic heterocycles. The Labute approximate surface area is 166 Å². The fourth-order valence-electron chi connectivity index (χ4n) is 3.30. The van der Waals surface area contributed by atoms with Gasteiger partial charge in [-0.25, -0.2) is 8.42 Å². The highest BCUT2D eigenvalue weighted by Crippen LogP contribution is 2.37. The molecular weight excluding hydrogens is 394 g/mol. The number of anilines is 1. The monoisotopic (exact) mass is 421 g/mol. The van der Waals surface area contributed by atoms with Gasteiger partial charge in [-0.1, -0.05) is 12.8 Å². The van der Waals surface area contributed by atoms with Crippen LogP contribution in [-0.4, -0.2) is 47.4 Å². The summed E-state index contributed by atoms with van der Waals surface area (Å²) in [6, 6.07) is 2.99. The van der Waals surface area contributed by atoms with E-state index < -0.39 is 10.0 Å². The van der Waals surface area contributed by atoms with Crippen LogP contribution in [0.2, 0.25) is 0 Å². The Morgan fingerprint density at radius 3 is 2.44 bits per heavy atom. The van der Waals surface area contributed by atoms with Crippen LogP contribution >= 0.6 is 12.4 Å². The number of hydrogen-bond donors (Lipinski definition) is 3. The van der Waals surface area contributed by atoms with Crippen molar-refractivity contribution in [2.75, 3.05) is 31.7 Å². The zero-order chi connectivity index (χ0) is 19.3. The molecule has 0 spiro atoms. The minimum absolute atomic E-state index is 0. The summed E-state index contributed by atoms with van der Waals surface area (Å²) in [4.78, 5) is 12.7. The van der Waals surface area contributed by atoms with Crippen molar-refractivity contribution in [3.05, 3.63) is 17.7 Å². The van der Waals surface area contributed by atoms with Crippen molar-refractivity contribution in [3.8, 4) is 11.5 Å². The summed E-state index contributed by atoms with van der Waals surface area (Å²) in [5.41, 5.74) is 6.26. The van der Waals surface area contributed by atoms with E-state index >= 15 is 0 Å². The molecule has 0 aliphatic heterocycles. The maximum atomic E-state index is 12.7. The third-order valence-corrected chi connectivity index (χ3v) is 5.16. The average Bonchev–Trinajstić information content (AvgIpc) is 2.60. The lowest BCUT2D eigenvalue weighted by Crippen LogP contribution is -2.44. The maximum Gasteiger partial charge on any atom is 0.251 e. The first-order valence-electron chi connectivity index (χ1n) is 8.53. The van der Waals surface area contributed by atoms with Crippen molar-refractivity contribution in [1.82, 2.24) is 5.32 Å². The first-order valence-corrected chi connectivity index (χ1v) is 10.4. The Bertz CT molecular complexity index is 757. The summed E-state index contributed by atoms with van der Waals surface area (Å²) < 4.78 is 36.1. The summed E-state index contributed by atoms with van der Waals surface area (Å²) in [5.74, 6) is 0.437. The van der Waals surface area contributed by atoms with Crippen LogP contribution in [0.1, 0.15) is 36.0 Å². The van der Waals surface area contributed by atoms with Crippen LogP contribution in [0, 0.1) is 5.92 Å². The largest absolute Gasteiger partial charge is 0.493 e. The van der Waals surface area contributed by atoms with Gasteiger partial charge in [0.25, 0.3) is 5.91 Å². The highest BCUT2D eigenvalue weighted by Gasteiger charge is 2.26. The van der Waals surface area contributed by atoms with Crippen molar-refractivity contribution in [2.24, 2.45) is 11.7 Å². The third-order valence-electron chi connectivity index (χ3n) is 4.56. The molecule has 1 amide bonds. The number of halogens is 1. The molecule has 0 saturated heterocycles. The minimum Gasteiger partial charge on any atom is -0.493 e. The summed E-state index contributed by atoms with van der Waals surface area (Å²) in [6.07, 6.45) is 5.07. The van der Waals surface area contributed by atoms with Crippen molar-refractivity contribution < 1.29 is 22.7 Å². The number of nitrogens with one attached hydrogen (secondary N) is 2. The molecule has 1 aromatic rings. The van der Waals surface area contributed by atoms with Gasteiger partial charge in [0, 0.05) is 11.6 Å². The Balaban J connectivity index is 0.00000364. The molecule has 154 valence electrons. The molecule has 1 aliphatic carbocycles. The van der Waals surface area contributed by atoms with Crippen LogP contribution in [0.3, 0.4) is 0 Å². The standard InChI is InChI=1S/C17H27N3O5S.ClH/c1-24-15-9-12(8-14(16(15)25-2)20-26(3,22)23)17(21)19-13-7-5-4-6-11(13)10-18;/h8-9,11,13,20H,4-7,10,18H2,1-3H3,(H,19,21);1H. The third kappa shape index (κ3) is 6.15. The number of sulfonamides is 1. The fourth-order valence-corrected chi connectivity index (χ4v) is 3.85. The van der Waals surface area contributed by atoms with Crippen LogP contribution in [0.5, 0.6) is 11.5 Å². The van der Waals surface area contributed by atoms with E-state index in [-0.39, 0.29) is 53.0 Å². The highest BCUT2D eigenvalue weighted by atomic mass is 35.5. The van der Waals surface area contributed by atoms with Gasteiger partial charge in [0.15, 0.2) is 11.5 Å². The summed E-state index contributed by atoms with van der Waals surface area (Å²) in [6.45, 7) is 0.526. The lowest BCUT2D eigenvalue weighted by Gasteiger charge is -2.31. The predicted octanol–water partition coefficient (Wildman–Crippen LogP) is 1.74. The molecule has 4 N–H and O–H groups in total. The first-order chi connectivity index (χ1) is 12.3. The molecule has 2 unspecified atom stereocenters. The van der Waals surface area contributed by atoms with Crippen LogP contribution < -0.4 is 25.2 Å². The van der Waals surface area contributed by atoms with Gasteiger partial charge in [-0.05, 0) is 37.4 Å². The number of rotatable bonds is 7. The molecule has 8 nitrogen and oxygen atoms in total. The average molecular weight is 422 g/mol. The Hall–Kier alpha value is -1.71. The lowest BCUT2D eigenvalue weighted by molar-refractivity contribution is 0.0907. The molecule has 1 aromatic carbocycles. The van der Waals surface area contributed by atoms with E-state index in [0.717, 1.165) is 31.9 Å². The zero-order valence-electron chi connectivity index (χ0n) is 15.8. The van der Waals surface area contributed by atoms with Crippen molar-refractivity contribution >= 4 is 34.0 Å². The normalized spacial score (nSPS) is 19.6. The quantitative estimate of drug-likeness (QED) is 0.616. The number of hydrogen-bond acceptors (Lipinski definition) is 6. The van der Waals surface area contributed by atoms with Gasteiger partial charge in [0.1, 0.15) is 0 Å². The number of nitrogens with two attached hydrogens (primary N) is 1. The number of benzene rings is 1. The van der Waals surface area contributed by atoms with Crippen LogP contribution in [-0.2, 0) is 10.0 Å². The molecule has 10 heteroatoms. The van der Waals surface area contributed by atoms with Crippen molar-refractivity contribution in [2.45, 2.75) is 31.7 Å². The number of carbonyl (C=O) groups excluding carboxylic acids is 1. The van der Waals surface area contributed by atoms with E-state index in [9.17, 15) is 13.2 Å². The topological polar surface area (TPSA) is 120 Å². The van der Waals surface area contributed by atoms with E-state index in [1.165, 1.54) is 26.4 Å². The highest BCUT2D eigenvalue weighted by molar-refractivity contribution is 7.92. The van der Waals surface area contributed by atoms with Crippen LogP contribution in [0.15, 0.2) is 12.1 Å². The maximum absolute atomic E-state index is 12.7. The molecular formula is C17H28ClN3O5S. The van der Waals surface area contributed by atoms with Gasteiger partial charge in [-0.2, -0.15) is 0 Å². The molecule has 0 radical (unpaired) electrons. The van der Waals surface area contributed by atoms with E-state index in [0.29, 0.717) is 6.54 Å². The van der Waals surface area contributed by atoms with Gasteiger partial charge < -0.3 is 20.5 Å². The van der Waals surface area contributed by atoms with E-state index in [1.807, 2.05) is 0 Å². The lowest BCUT2D eigenvalue weighted by atomic mass is 9.84. The molecule has 27 heavy (non-hydrogen) atoms. The molecule has 1 saturated carbocycles. The number of methoxy groups -OCH3 is 2. The molecule has 0 bridgehead atoms. The second-order valence-electron chi connectivity index (χ2n) is 6.49. The second-order valence-corrected chi connectivity index (χ2v) is 8.24. The fraction of sp³-hybridized carbons (Fsp3) is 0.588. The van der Waals surface area contributed by atoms with E-state index in [4.69, 9.17) is 15.2 Å². The Kier molecular flexibility index (Phi) is 8.64. The number of amides is 1. The van der Waals surface area contributed by atoms with E-state index in [2.05, 4.69) is 10.0 Å². The second kappa shape index (κ2) is 10.0. The zero-order valence-corrected chi connectivity index (χ0v) is 17.4. The van der Waals surface area contributed by atoms with Crippen molar-refractivity contribution in [1.29, 1.82) is 0 Å².